The molecule has 0 bridgehead atoms. The van der Waals surface area contributed by atoms with Crippen molar-refractivity contribution in [1.82, 2.24) is 9.55 Å². The maximum atomic E-state index is 12.2. The summed E-state index contributed by atoms with van der Waals surface area (Å²) in [5.74, 6) is 0.948. The zero-order valence-electron chi connectivity index (χ0n) is 11.6. The second-order valence-corrected chi connectivity index (χ2v) is 6.18. The van der Waals surface area contributed by atoms with Crippen molar-refractivity contribution in [3.8, 4) is 0 Å². The Bertz CT molecular complexity index is 664. The van der Waals surface area contributed by atoms with Crippen molar-refractivity contribution in [3.05, 3.63) is 57.5 Å². The van der Waals surface area contributed by atoms with Crippen LogP contribution >= 0.6 is 11.8 Å². The number of thioether (sulfide) groups is 1. The van der Waals surface area contributed by atoms with E-state index in [1.807, 2.05) is 13.1 Å². The van der Waals surface area contributed by atoms with Crippen LogP contribution in [0.15, 0.2) is 40.3 Å². The number of aromatic nitrogens is 2. The first-order valence-corrected chi connectivity index (χ1v) is 8.00. The van der Waals surface area contributed by atoms with Gasteiger partial charge >= 0.3 is 0 Å². The third-order valence-electron chi connectivity index (χ3n) is 3.73. The first kappa shape index (κ1) is 13.4. The molecule has 0 atom stereocenters. The van der Waals surface area contributed by atoms with Crippen molar-refractivity contribution >= 4 is 11.8 Å². The summed E-state index contributed by atoms with van der Waals surface area (Å²) < 4.78 is 1.71. The van der Waals surface area contributed by atoms with Gasteiger partial charge in [0.05, 0.1) is 5.69 Å². The molecule has 1 aromatic heterocycles. The Morgan fingerprint density at radius 1 is 1.25 bits per heavy atom. The van der Waals surface area contributed by atoms with Crippen molar-refractivity contribution in [3.63, 3.8) is 0 Å². The van der Waals surface area contributed by atoms with E-state index in [1.165, 1.54) is 5.56 Å². The van der Waals surface area contributed by atoms with Gasteiger partial charge in [0.1, 0.15) is 0 Å². The van der Waals surface area contributed by atoms with Gasteiger partial charge < -0.3 is 0 Å². The zero-order chi connectivity index (χ0) is 13.9. The highest BCUT2D eigenvalue weighted by atomic mass is 32.2. The van der Waals surface area contributed by atoms with Crippen molar-refractivity contribution in [1.29, 1.82) is 0 Å². The first-order chi connectivity index (χ1) is 9.75. The van der Waals surface area contributed by atoms with E-state index in [-0.39, 0.29) is 5.56 Å². The van der Waals surface area contributed by atoms with Gasteiger partial charge in [0.2, 0.25) is 0 Å². The Hall–Kier alpha value is -1.55. The highest BCUT2D eigenvalue weighted by Crippen LogP contribution is 2.21. The third-order valence-corrected chi connectivity index (χ3v) is 4.77. The average molecular weight is 286 g/mol. The van der Waals surface area contributed by atoms with Crippen LogP contribution < -0.4 is 5.56 Å². The minimum atomic E-state index is 0.148. The summed E-state index contributed by atoms with van der Waals surface area (Å²) in [5, 5.41) is 0.853. The molecule has 20 heavy (non-hydrogen) atoms. The van der Waals surface area contributed by atoms with Crippen LogP contribution in [-0.2, 0) is 26.3 Å². The fourth-order valence-electron chi connectivity index (χ4n) is 2.60. The quantitative estimate of drug-likeness (QED) is 0.640. The molecular formula is C16H18N2OS. The Kier molecular flexibility index (Phi) is 3.92. The smallest absolute Gasteiger partial charge is 0.257 e. The Balaban J connectivity index is 1.72. The highest BCUT2D eigenvalue weighted by molar-refractivity contribution is 7.99. The van der Waals surface area contributed by atoms with Crippen molar-refractivity contribution in [2.75, 3.05) is 5.75 Å². The average Bonchev–Trinajstić information content (AvgIpc) is 2.94. The first-order valence-electron chi connectivity index (χ1n) is 7.01. The van der Waals surface area contributed by atoms with Gasteiger partial charge in [-0.15, -0.1) is 0 Å². The summed E-state index contributed by atoms with van der Waals surface area (Å²) >= 11 is 1.67. The summed E-state index contributed by atoms with van der Waals surface area (Å²) in [6, 6.07) is 10.4. The second-order valence-electron chi connectivity index (χ2n) is 5.12. The number of hydrogen-bond donors (Lipinski definition) is 0. The monoisotopic (exact) mass is 286 g/mol. The Labute approximate surface area is 123 Å². The van der Waals surface area contributed by atoms with Crippen LogP contribution in [0.2, 0.25) is 0 Å². The molecule has 0 fully saturated rings. The van der Waals surface area contributed by atoms with E-state index in [4.69, 9.17) is 0 Å². The fraction of sp³-hybridized carbons (Fsp3) is 0.375. The molecule has 0 aliphatic heterocycles. The van der Waals surface area contributed by atoms with Gasteiger partial charge in [0, 0.05) is 18.4 Å². The van der Waals surface area contributed by atoms with Crippen LogP contribution in [0, 0.1) is 0 Å². The van der Waals surface area contributed by atoms with Crippen molar-refractivity contribution in [2.45, 2.75) is 30.8 Å². The summed E-state index contributed by atoms with van der Waals surface area (Å²) in [7, 11) is 1.83. The highest BCUT2D eigenvalue weighted by Gasteiger charge is 2.19. The van der Waals surface area contributed by atoms with Crippen LogP contribution in [0.5, 0.6) is 0 Å². The number of rotatable bonds is 4. The lowest BCUT2D eigenvalue weighted by atomic mass is 10.2. The third kappa shape index (κ3) is 2.66. The second kappa shape index (κ2) is 5.83. The van der Waals surface area contributed by atoms with Crippen LogP contribution in [0.3, 0.4) is 0 Å². The molecule has 3 rings (SSSR count). The number of nitrogens with zero attached hydrogens (tertiary/aromatic N) is 2. The molecule has 104 valence electrons. The summed E-state index contributed by atoms with van der Waals surface area (Å²) in [5.41, 5.74) is 3.43. The molecule has 0 unspecified atom stereocenters. The Morgan fingerprint density at radius 3 is 2.85 bits per heavy atom. The van der Waals surface area contributed by atoms with Gasteiger partial charge in [-0.25, -0.2) is 4.98 Å². The summed E-state index contributed by atoms with van der Waals surface area (Å²) in [4.78, 5) is 16.9. The maximum Gasteiger partial charge on any atom is 0.257 e. The molecule has 0 saturated carbocycles. The molecular weight excluding hydrogens is 268 g/mol. The largest absolute Gasteiger partial charge is 0.291 e. The normalized spacial score (nSPS) is 13.4. The van der Waals surface area contributed by atoms with E-state index >= 15 is 0 Å². The predicted molar refractivity (Wildman–Crippen MR) is 82.4 cm³/mol. The summed E-state index contributed by atoms with van der Waals surface area (Å²) in [6.45, 7) is 0. The van der Waals surface area contributed by atoms with Gasteiger partial charge in [-0.1, -0.05) is 42.1 Å². The number of benzene rings is 1. The number of hydrogen-bond acceptors (Lipinski definition) is 3. The predicted octanol–water partition coefficient (Wildman–Crippen LogP) is 2.60. The standard InChI is InChI=1S/C16H18N2OS/c1-18-15(19)13-8-5-9-14(13)17-16(18)20-11-10-12-6-3-2-4-7-12/h2-4,6-7H,5,8-11H2,1H3. The lowest BCUT2D eigenvalue weighted by molar-refractivity contribution is 0.689. The molecule has 1 heterocycles. The van der Waals surface area contributed by atoms with Crippen LogP contribution in [0.25, 0.3) is 0 Å². The molecule has 4 heteroatoms. The fourth-order valence-corrected chi connectivity index (χ4v) is 3.57. The lowest BCUT2D eigenvalue weighted by Crippen LogP contribution is -2.24. The van der Waals surface area contributed by atoms with E-state index in [0.29, 0.717) is 0 Å². The molecule has 0 N–H and O–H groups in total. The molecule has 1 aromatic carbocycles. The van der Waals surface area contributed by atoms with Gasteiger partial charge in [-0.2, -0.15) is 0 Å². The number of aryl methyl sites for hydroxylation is 2. The van der Waals surface area contributed by atoms with E-state index in [1.54, 1.807) is 16.3 Å². The van der Waals surface area contributed by atoms with E-state index in [9.17, 15) is 4.79 Å². The zero-order valence-corrected chi connectivity index (χ0v) is 12.4. The van der Waals surface area contributed by atoms with E-state index < -0.39 is 0 Å². The molecule has 1 aliphatic carbocycles. The maximum absolute atomic E-state index is 12.2. The van der Waals surface area contributed by atoms with Gasteiger partial charge in [0.15, 0.2) is 5.16 Å². The topological polar surface area (TPSA) is 34.9 Å². The molecule has 0 radical (unpaired) electrons. The molecule has 0 saturated heterocycles. The van der Waals surface area contributed by atoms with Crippen LogP contribution in [0.4, 0.5) is 0 Å². The number of fused-ring (bicyclic) bond motifs is 1. The molecule has 3 nitrogen and oxygen atoms in total. The minimum absolute atomic E-state index is 0.148. The molecule has 2 aromatic rings. The van der Waals surface area contributed by atoms with E-state index in [0.717, 1.165) is 47.8 Å². The van der Waals surface area contributed by atoms with Gasteiger partial charge in [-0.05, 0) is 31.2 Å². The van der Waals surface area contributed by atoms with Crippen LogP contribution in [-0.4, -0.2) is 15.3 Å². The molecule has 0 spiro atoms. The SMILES string of the molecule is Cn1c(SCCc2ccccc2)nc2c(c1=O)CCC2. The van der Waals surface area contributed by atoms with Crippen LogP contribution in [0.1, 0.15) is 23.2 Å². The summed E-state index contributed by atoms with van der Waals surface area (Å²) in [6.07, 6.45) is 3.91. The minimum Gasteiger partial charge on any atom is -0.291 e. The van der Waals surface area contributed by atoms with Gasteiger partial charge in [-0.3, -0.25) is 9.36 Å². The molecule has 1 aliphatic rings. The van der Waals surface area contributed by atoms with E-state index in [2.05, 4.69) is 29.2 Å². The lowest BCUT2D eigenvalue weighted by Gasteiger charge is -2.09. The van der Waals surface area contributed by atoms with Crippen molar-refractivity contribution < 1.29 is 0 Å². The van der Waals surface area contributed by atoms with Gasteiger partial charge in [0.25, 0.3) is 5.56 Å². The Morgan fingerprint density at radius 2 is 2.05 bits per heavy atom. The molecule has 0 amide bonds. The van der Waals surface area contributed by atoms with Crippen molar-refractivity contribution in [2.24, 2.45) is 7.05 Å².